The first-order valence-electron chi connectivity index (χ1n) is 8.45. The number of halogens is 1. The number of hydrogen-bond acceptors (Lipinski definition) is 3. The van der Waals surface area contributed by atoms with Crippen molar-refractivity contribution in [1.29, 1.82) is 0 Å². The fraction of sp³-hybridized carbons (Fsp3) is 0.368. The topological polar surface area (TPSA) is 55.4 Å². The van der Waals surface area contributed by atoms with Crippen molar-refractivity contribution in [2.75, 3.05) is 0 Å². The molecule has 2 aromatic rings. The SMILES string of the molecule is CCC1(CC)C[C@H](NS(=O)(=O)c2ccc(Cl)cc2)c2ccccc2O1. The maximum absolute atomic E-state index is 12.8. The molecule has 0 aromatic heterocycles. The molecule has 2 aromatic carbocycles. The summed E-state index contributed by atoms with van der Waals surface area (Å²) in [4.78, 5) is 0.208. The molecule has 0 fully saturated rings. The van der Waals surface area contributed by atoms with Crippen molar-refractivity contribution >= 4 is 21.6 Å². The third-order valence-corrected chi connectivity index (χ3v) is 6.65. The monoisotopic (exact) mass is 379 g/mol. The van der Waals surface area contributed by atoms with Crippen LogP contribution in [0.4, 0.5) is 0 Å². The zero-order valence-corrected chi connectivity index (χ0v) is 15.9. The molecule has 134 valence electrons. The highest BCUT2D eigenvalue weighted by Gasteiger charge is 2.39. The van der Waals surface area contributed by atoms with Crippen LogP contribution in [0.25, 0.3) is 0 Å². The van der Waals surface area contributed by atoms with Gasteiger partial charge in [-0.05, 0) is 43.2 Å². The number of hydrogen-bond donors (Lipinski definition) is 1. The number of para-hydroxylation sites is 1. The van der Waals surface area contributed by atoms with Crippen LogP contribution in [0.2, 0.25) is 5.02 Å². The van der Waals surface area contributed by atoms with Crippen molar-refractivity contribution < 1.29 is 13.2 Å². The smallest absolute Gasteiger partial charge is 0.241 e. The molecule has 4 nitrogen and oxygen atoms in total. The van der Waals surface area contributed by atoms with Gasteiger partial charge in [-0.2, -0.15) is 0 Å². The fourth-order valence-corrected chi connectivity index (χ4v) is 4.62. The number of sulfonamides is 1. The highest BCUT2D eigenvalue weighted by Crippen LogP contribution is 2.43. The van der Waals surface area contributed by atoms with E-state index in [1.807, 2.05) is 24.3 Å². The number of rotatable bonds is 5. The third-order valence-electron chi connectivity index (χ3n) is 4.91. The Bertz CT molecular complexity index is 845. The molecule has 0 radical (unpaired) electrons. The van der Waals surface area contributed by atoms with Gasteiger partial charge in [-0.25, -0.2) is 13.1 Å². The van der Waals surface area contributed by atoms with E-state index < -0.39 is 10.0 Å². The normalized spacial score (nSPS) is 19.1. The first-order chi connectivity index (χ1) is 11.9. The molecule has 3 rings (SSSR count). The van der Waals surface area contributed by atoms with E-state index in [0.29, 0.717) is 11.4 Å². The predicted octanol–water partition coefficient (Wildman–Crippen LogP) is 4.70. The Morgan fingerprint density at radius 3 is 2.40 bits per heavy atom. The Labute approximate surface area is 154 Å². The van der Waals surface area contributed by atoms with Crippen LogP contribution in [-0.2, 0) is 10.0 Å². The second-order valence-corrected chi connectivity index (χ2v) is 8.51. The van der Waals surface area contributed by atoms with Gasteiger partial charge in [-0.15, -0.1) is 0 Å². The average molecular weight is 380 g/mol. The van der Waals surface area contributed by atoms with E-state index in [-0.39, 0.29) is 16.5 Å². The number of fused-ring (bicyclic) bond motifs is 1. The van der Waals surface area contributed by atoms with E-state index in [4.69, 9.17) is 16.3 Å². The van der Waals surface area contributed by atoms with Gasteiger partial charge in [-0.1, -0.05) is 43.6 Å². The molecule has 25 heavy (non-hydrogen) atoms. The lowest BCUT2D eigenvalue weighted by Crippen LogP contribution is -2.44. The van der Waals surface area contributed by atoms with Crippen molar-refractivity contribution in [2.45, 2.75) is 49.6 Å². The molecule has 1 atom stereocenters. The Balaban J connectivity index is 1.96. The van der Waals surface area contributed by atoms with Crippen LogP contribution >= 0.6 is 11.6 Å². The van der Waals surface area contributed by atoms with Gasteiger partial charge < -0.3 is 4.74 Å². The number of benzene rings is 2. The van der Waals surface area contributed by atoms with Crippen LogP contribution in [0.15, 0.2) is 53.4 Å². The van der Waals surface area contributed by atoms with Crippen LogP contribution in [0.3, 0.4) is 0 Å². The summed E-state index contributed by atoms with van der Waals surface area (Å²) in [6.45, 7) is 4.14. The van der Waals surface area contributed by atoms with E-state index in [2.05, 4.69) is 18.6 Å². The Hall–Kier alpha value is -1.56. The number of nitrogens with one attached hydrogen (secondary N) is 1. The molecule has 0 saturated heterocycles. The highest BCUT2D eigenvalue weighted by molar-refractivity contribution is 7.89. The minimum atomic E-state index is -3.65. The molecule has 0 amide bonds. The van der Waals surface area contributed by atoms with E-state index in [1.165, 1.54) is 12.1 Å². The molecular weight excluding hydrogens is 358 g/mol. The first-order valence-corrected chi connectivity index (χ1v) is 10.3. The summed E-state index contributed by atoms with van der Waals surface area (Å²) in [5.41, 5.74) is 0.513. The minimum absolute atomic E-state index is 0.208. The van der Waals surface area contributed by atoms with E-state index in [1.54, 1.807) is 12.1 Å². The lowest BCUT2D eigenvalue weighted by molar-refractivity contribution is 0.0260. The molecule has 0 bridgehead atoms. The van der Waals surface area contributed by atoms with Crippen molar-refractivity contribution in [3.8, 4) is 5.75 Å². The van der Waals surface area contributed by atoms with E-state index in [9.17, 15) is 8.42 Å². The summed E-state index contributed by atoms with van der Waals surface area (Å²) >= 11 is 5.86. The van der Waals surface area contributed by atoms with Crippen molar-refractivity contribution in [3.05, 3.63) is 59.1 Å². The Morgan fingerprint density at radius 2 is 1.76 bits per heavy atom. The van der Waals surface area contributed by atoms with Gasteiger partial charge in [0.05, 0.1) is 10.9 Å². The Morgan fingerprint density at radius 1 is 1.12 bits per heavy atom. The lowest BCUT2D eigenvalue weighted by atomic mass is 9.84. The molecule has 1 N–H and O–H groups in total. The average Bonchev–Trinajstić information content (AvgIpc) is 2.61. The van der Waals surface area contributed by atoms with E-state index in [0.717, 1.165) is 24.2 Å². The van der Waals surface area contributed by atoms with Gasteiger partial charge in [0.25, 0.3) is 0 Å². The molecule has 0 unspecified atom stereocenters. The van der Waals surface area contributed by atoms with Crippen LogP contribution in [0.1, 0.15) is 44.7 Å². The summed E-state index contributed by atoms with van der Waals surface area (Å²) in [7, 11) is -3.65. The molecule has 0 saturated carbocycles. The standard InChI is InChI=1S/C19H22ClNO3S/c1-3-19(4-2)13-17(16-7-5-6-8-18(16)24-19)21-25(22,23)15-11-9-14(20)10-12-15/h5-12,17,21H,3-4,13H2,1-2H3/t17-/m0/s1. The van der Waals surface area contributed by atoms with Crippen molar-refractivity contribution in [1.82, 2.24) is 4.72 Å². The zero-order valence-electron chi connectivity index (χ0n) is 14.3. The third kappa shape index (κ3) is 3.68. The molecular formula is C19H22ClNO3S. The van der Waals surface area contributed by atoms with E-state index >= 15 is 0 Å². The largest absolute Gasteiger partial charge is 0.487 e. The minimum Gasteiger partial charge on any atom is -0.487 e. The van der Waals surface area contributed by atoms with Crippen LogP contribution < -0.4 is 9.46 Å². The van der Waals surface area contributed by atoms with Crippen molar-refractivity contribution in [3.63, 3.8) is 0 Å². The van der Waals surface area contributed by atoms with Crippen LogP contribution in [0, 0.1) is 0 Å². The quantitative estimate of drug-likeness (QED) is 0.819. The first kappa shape index (κ1) is 18.2. The maximum atomic E-state index is 12.8. The molecule has 0 aliphatic carbocycles. The summed E-state index contributed by atoms with van der Waals surface area (Å²) in [5.74, 6) is 0.751. The van der Waals surface area contributed by atoms with Crippen LogP contribution in [-0.4, -0.2) is 14.0 Å². The van der Waals surface area contributed by atoms with Gasteiger partial charge in [0.15, 0.2) is 0 Å². The van der Waals surface area contributed by atoms with Gasteiger partial charge in [0.1, 0.15) is 11.4 Å². The lowest BCUT2D eigenvalue weighted by Gasteiger charge is -2.41. The second-order valence-electron chi connectivity index (χ2n) is 6.36. The fourth-order valence-electron chi connectivity index (χ4n) is 3.28. The zero-order chi connectivity index (χ0) is 18.1. The van der Waals surface area contributed by atoms with Gasteiger partial charge in [0.2, 0.25) is 10.0 Å². The Kier molecular flexibility index (Phi) is 5.09. The maximum Gasteiger partial charge on any atom is 0.241 e. The summed E-state index contributed by atoms with van der Waals surface area (Å²) in [6.07, 6.45) is 2.23. The molecule has 1 aliphatic heterocycles. The predicted molar refractivity (Wildman–Crippen MR) is 99.5 cm³/mol. The highest BCUT2D eigenvalue weighted by atomic mass is 35.5. The van der Waals surface area contributed by atoms with Gasteiger partial charge >= 0.3 is 0 Å². The van der Waals surface area contributed by atoms with Gasteiger partial charge in [-0.3, -0.25) is 0 Å². The molecule has 6 heteroatoms. The molecule has 1 aliphatic rings. The number of ether oxygens (including phenoxy) is 1. The summed E-state index contributed by atoms with van der Waals surface area (Å²) in [5, 5.41) is 0.506. The summed E-state index contributed by atoms with van der Waals surface area (Å²) < 4.78 is 34.7. The molecule has 1 heterocycles. The van der Waals surface area contributed by atoms with Crippen molar-refractivity contribution in [2.24, 2.45) is 0 Å². The molecule has 0 spiro atoms. The van der Waals surface area contributed by atoms with Gasteiger partial charge in [0, 0.05) is 17.0 Å². The van der Waals surface area contributed by atoms with Crippen LogP contribution in [0.5, 0.6) is 5.75 Å². The second kappa shape index (κ2) is 6.98. The summed E-state index contributed by atoms with van der Waals surface area (Å²) in [6, 6.07) is 13.5.